The van der Waals surface area contributed by atoms with Crippen LogP contribution in [0, 0.1) is 5.92 Å². The quantitative estimate of drug-likeness (QED) is 0.577. The van der Waals surface area contributed by atoms with Crippen molar-refractivity contribution in [1.29, 1.82) is 0 Å². The minimum Gasteiger partial charge on any atom is -0.391 e. The number of anilines is 3. The van der Waals surface area contributed by atoms with E-state index in [4.69, 9.17) is 5.73 Å². The van der Waals surface area contributed by atoms with Crippen molar-refractivity contribution in [3.63, 3.8) is 0 Å². The molecule has 16 heavy (non-hydrogen) atoms. The van der Waals surface area contributed by atoms with E-state index in [2.05, 4.69) is 20.6 Å². The van der Waals surface area contributed by atoms with Gasteiger partial charge in [-0.25, -0.2) is 0 Å². The maximum Gasteiger partial charge on any atom is 0.277 e. The summed E-state index contributed by atoms with van der Waals surface area (Å²) in [4.78, 5) is 29.1. The molecule has 7 nitrogen and oxygen atoms in total. The summed E-state index contributed by atoms with van der Waals surface area (Å²) in [5.74, 6) is -0.0964. The van der Waals surface area contributed by atoms with E-state index >= 15 is 0 Å². The number of rotatable bonds is 3. The zero-order valence-corrected chi connectivity index (χ0v) is 9.42. The van der Waals surface area contributed by atoms with Crippen molar-refractivity contribution >= 4 is 23.4 Å². The zero-order valence-electron chi connectivity index (χ0n) is 9.42. The van der Waals surface area contributed by atoms with E-state index in [-0.39, 0.29) is 29.3 Å². The standard InChI is InChI=1S/C9H15N5O2/c1-4(2)7(15)13-9-12-6(11-3)5(10)8(16)14-9/h4H,10H2,1-3H3,(H3,11,12,13,14,15,16). The molecule has 0 aliphatic carbocycles. The lowest BCUT2D eigenvalue weighted by Crippen LogP contribution is -2.24. The first-order valence-electron chi connectivity index (χ1n) is 4.84. The summed E-state index contributed by atoms with van der Waals surface area (Å²) in [6, 6.07) is 0. The molecule has 0 radical (unpaired) electrons. The highest BCUT2D eigenvalue weighted by atomic mass is 16.2. The van der Waals surface area contributed by atoms with Crippen LogP contribution >= 0.6 is 0 Å². The highest BCUT2D eigenvalue weighted by molar-refractivity contribution is 5.90. The third-order valence-electron chi connectivity index (χ3n) is 1.96. The van der Waals surface area contributed by atoms with Crippen LogP contribution in [-0.4, -0.2) is 22.9 Å². The maximum absolute atomic E-state index is 11.4. The number of aromatic amines is 1. The lowest BCUT2D eigenvalue weighted by atomic mass is 10.2. The van der Waals surface area contributed by atoms with Gasteiger partial charge in [0.2, 0.25) is 11.9 Å². The van der Waals surface area contributed by atoms with Crippen molar-refractivity contribution in [3.05, 3.63) is 10.4 Å². The Balaban J connectivity index is 3.03. The summed E-state index contributed by atoms with van der Waals surface area (Å²) < 4.78 is 0. The molecular weight excluding hydrogens is 210 g/mol. The number of H-pyrrole nitrogens is 1. The van der Waals surface area contributed by atoms with Gasteiger partial charge in [-0.2, -0.15) is 4.98 Å². The van der Waals surface area contributed by atoms with Crippen LogP contribution < -0.4 is 21.9 Å². The molecule has 0 saturated heterocycles. The average molecular weight is 225 g/mol. The van der Waals surface area contributed by atoms with Gasteiger partial charge in [0.25, 0.3) is 5.56 Å². The molecule has 1 aromatic heterocycles. The molecule has 0 bridgehead atoms. The van der Waals surface area contributed by atoms with E-state index in [0.29, 0.717) is 0 Å². The predicted molar refractivity (Wildman–Crippen MR) is 62.3 cm³/mol. The molecule has 1 aromatic rings. The van der Waals surface area contributed by atoms with Crippen LogP contribution in [0.1, 0.15) is 13.8 Å². The monoisotopic (exact) mass is 225 g/mol. The van der Waals surface area contributed by atoms with E-state index in [9.17, 15) is 9.59 Å². The largest absolute Gasteiger partial charge is 0.391 e. The highest BCUT2D eigenvalue weighted by Gasteiger charge is 2.11. The van der Waals surface area contributed by atoms with Crippen molar-refractivity contribution in [3.8, 4) is 0 Å². The Hall–Kier alpha value is -2.05. The van der Waals surface area contributed by atoms with Gasteiger partial charge in [-0.3, -0.25) is 19.9 Å². The first-order valence-corrected chi connectivity index (χ1v) is 4.84. The van der Waals surface area contributed by atoms with Gasteiger partial charge < -0.3 is 11.1 Å². The molecule has 0 saturated carbocycles. The first-order chi connectivity index (χ1) is 7.45. The summed E-state index contributed by atoms with van der Waals surface area (Å²) in [6.45, 7) is 3.48. The lowest BCUT2D eigenvalue weighted by Gasteiger charge is -2.09. The highest BCUT2D eigenvalue weighted by Crippen LogP contribution is 2.10. The van der Waals surface area contributed by atoms with Crippen LogP contribution in [0.2, 0.25) is 0 Å². The second-order valence-corrected chi connectivity index (χ2v) is 3.57. The molecule has 88 valence electrons. The fourth-order valence-electron chi connectivity index (χ4n) is 0.993. The van der Waals surface area contributed by atoms with E-state index in [0.717, 1.165) is 0 Å². The average Bonchev–Trinajstić information content (AvgIpc) is 2.22. The number of carbonyl (C=O) groups excluding carboxylic acids is 1. The minimum absolute atomic E-state index is 0.00922. The van der Waals surface area contributed by atoms with E-state index in [1.807, 2.05) is 0 Å². The second-order valence-electron chi connectivity index (χ2n) is 3.57. The molecule has 0 aliphatic heterocycles. The van der Waals surface area contributed by atoms with Crippen LogP contribution in [0.25, 0.3) is 0 Å². The van der Waals surface area contributed by atoms with Crippen LogP contribution in [0.15, 0.2) is 4.79 Å². The van der Waals surface area contributed by atoms with Crippen molar-refractivity contribution < 1.29 is 4.79 Å². The molecule has 1 rings (SSSR count). The summed E-state index contributed by atoms with van der Waals surface area (Å²) in [6.07, 6.45) is 0. The van der Waals surface area contributed by atoms with E-state index < -0.39 is 5.56 Å². The lowest BCUT2D eigenvalue weighted by molar-refractivity contribution is -0.118. The van der Waals surface area contributed by atoms with Gasteiger partial charge in [0.15, 0.2) is 5.82 Å². The summed E-state index contributed by atoms with van der Waals surface area (Å²) >= 11 is 0. The Kier molecular flexibility index (Phi) is 3.49. The second kappa shape index (κ2) is 4.65. The van der Waals surface area contributed by atoms with Gasteiger partial charge in [0.1, 0.15) is 5.69 Å². The Morgan fingerprint density at radius 3 is 2.62 bits per heavy atom. The SMILES string of the molecule is CNc1nc(NC(=O)C(C)C)[nH]c(=O)c1N. The molecule has 7 heteroatoms. The fraction of sp³-hybridized carbons (Fsp3) is 0.444. The number of amides is 1. The van der Waals surface area contributed by atoms with Crippen LogP contribution in [0.5, 0.6) is 0 Å². The fourth-order valence-corrected chi connectivity index (χ4v) is 0.993. The number of nitrogen functional groups attached to an aromatic ring is 1. The number of hydrogen-bond donors (Lipinski definition) is 4. The van der Waals surface area contributed by atoms with Gasteiger partial charge in [0, 0.05) is 13.0 Å². The Labute approximate surface area is 92.5 Å². The molecule has 0 spiro atoms. The number of nitrogens with zero attached hydrogens (tertiary/aromatic N) is 1. The maximum atomic E-state index is 11.4. The Morgan fingerprint density at radius 2 is 2.12 bits per heavy atom. The third kappa shape index (κ3) is 2.50. The molecule has 1 amide bonds. The molecule has 1 heterocycles. The third-order valence-corrected chi connectivity index (χ3v) is 1.96. The number of hydrogen-bond acceptors (Lipinski definition) is 5. The van der Waals surface area contributed by atoms with Gasteiger partial charge in [0.05, 0.1) is 0 Å². The number of carbonyl (C=O) groups is 1. The number of aromatic nitrogens is 2. The Morgan fingerprint density at radius 1 is 1.50 bits per heavy atom. The summed E-state index contributed by atoms with van der Waals surface area (Å²) in [5.41, 5.74) is 4.97. The zero-order chi connectivity index (χ0) is 12.3. The predicted octanol–water partition coefficient (Wildman–Crippen LogP) is -0.0117. The van der Waals surface area contributed by atoms with E-state index in [1.165, 1.54) is 0 Å². The molecule has 0 unspecified atom stereocenters. The van der Waals surface area contributed by atoms with Crippen LogP contribution in [-0.2, 0) is 4.79 Å². The van der Waals surface area contributed by atoms with Gasteiger partial charge in [-0.1, -0.05) is 13.8 Å². The minimum atomic E-state index is -0.488. The topological polar surface area (TPSA) is 113 Å². The van der Waals surface area contributed by atoms with Gasteiger partial charge >= 0.3 is 0 Å². The number of nitrogens with one attached hydrogen (secondary N) is 3. The van der Waals surface area contributed by atoms with E-state index in [1.54, 1.807) is 20.9 Å². The molecule has 0 aliphatic rings. The molecule has 0 aromatic carbocycles. The van der Waals surface area contributed by atoms with Crippen molar-refractivity contribution in [2.45, 2.75) is 13.8 Å². The van der Waals surface area contributed by atoms with Crippen LogP contribution in [0.4, 0.5) is 17.5 Å². The smallest absolute Gasteiger partial charge is 0.277 e. The Bertz CT molecular complexity index is 452. The first kappa shape index (κ1) is 12.0. The molecule has 0 fully saturated rings. The number of nitrogens with two attached hydrogens (primary N) is 1. The summed E-state index contributed by atoms with van der Waals surface area (Å²) in [5, 5.41) is 5.15. The molecule has 0 atom stereocenters. The molecular formula is C9H15N5O2. The summed E-state index contributed by atoms with van der Waals surface area (Å²) in [7, 11) is 1.59. The van der Waals surface area contributed by atoms with Crippen molar-refractivity contribution in [2.24, 2.45) is 5.92 Å². The molecule has 5 N–H and O–H groups in total. The van der Waals surface area contributed by atoms with Crippen molar-refractivity contribution in [2.75, 3.05) is 23.4 Å². The van der Waals surface area contributed by atoms with Gasteiger partial charge in [-0.05, 0) is 0 Å². The normalized spacial score (nSPS) is 10.2. The van der Waals surface area contributed by atoms with Crippen LogP contribution in [0.3, 0.4) is 0 Å². The van der Waals surface area contributed by atoms with Crippen molar-refractivity contribution in [1.82, 2.24) is 9.97 Å². The van der Waals surface area contributed by atoms with Gasteiger partial charge in [-0.15, -0.1) is 0 Å².